The summed E-state index contributed by atoms with van der Waals surface area (Å²) in [6.45, 7) is 0. The Morgan fingerprint density at radius 3 is 1.58 bits per heavy atom. The van der Waals surface area contributed by atoms with Gasteiger partial charge in [-0.05, 0) is 59.4 Å². The average molecular weight is 624 g/mol. The first kappa shape index (κ1) is 25.9. The Bertz CT molecular complexity index is 1160. The molecule has 1 heterocycles. The van der Waals surface area contributed by atoms with Gasteiger partial charge in [-0.2, -0.15) is 4.52 Å². The lowest BCUT2D eigenvalue weighted by atomic mass is 10.3. The third-order valence-electron chi connectivity index (χ3n) is 3.94. The molecule has 4 rings (SSSR count). The number of rotatable bonds is 6. The van der Waals surface area contributed by atoms with Gasteiger partial charge in [-0.25, -0.2) is 0 Å². The van der Waals surface area contributed by atoms with E-state index in [-0.39, 0.29) is 17.2 Å². The van der Waals surface area contributed by atoms with Gasteiger partial charge < -0.3 is 13.9 Å². The van der Waals surface area contributed by atoms with E-state index >= 15 is 0 Å². The smallest absolute Gasteiger partial charge is 0.415 e. The molecule has 0 N–H and O–H groups in total. The molecule has 6 nitrogen and oxygen atoms in total. The fourth-order valence-corrected chi connectivity index (χ4v) is 12.6. The van der Waals surface area contributed by atoms with Crippen molar-refractivity contribution in [3.8, 4) is 17.2 Å². The second-order valence-electron chi connectivity index (χ2n) is 6.12. The van der Waals surface area contributed by atoms with Crippen molar-refractivity contribution >= 4 is 91.9 Å². The zero-order chi connectivity index (χ0) is 23.6. The van der Waals surface area contributed by atoms with Crippen molar-refractivity contribution in [1.29, 1.82) is 0 Å². The lowest BCUT2D eigenvalue weighted by Crippen LogP contribution is -2.28. The summed E-state index contributed by atoms with van der Waals surface area (Å²) < 4.78 is 19.6. The van der Waals surface area contributed by atoms with Crippen LogP contribution in [0, 0.1) is 0 Å². The topological polar surface area (TPSA) is 46.5 Å². The summed E-state index contributed by atoms with van der Waals surface area (Å²) in [6, 6.07) is 20.5. The molecule has 0 bridgehead atoms. The van der Waals surface area contributed by atoms with Crippen LogP contribution in [0.25, 0.3) is 0 Å². The maximum absolute atomic E-state index is 6.72. The fraction of sp³-hybridized carbons (Fsp3) is 0. The van der Waals surface area contributed by atoms with Crippen LogP contribution in [0.1, 0.15) is 0 Å². The molecule has 3 aromatic rings. The molecule has 2 unspecified atom stereocenters. The molecule has 174 valence electrons. The van der Waals surface area contributed by atoms with Crippen LogP contribution in [-0.4, -0.2) is 8.56 Å². The van der Waals surface area contributed by atoms with Gasteiger partial charge in [0.2, 0.25) is 15.2 Å². The minimum Gasteiger partial charge on any atom is -0.415 e. The van der Waals surface area contributed by atoms with Gasteiger partial charge in [-0.15, -0.1) is 3.96 Å². The molecule has 1 aliphatic rings. The first-order chi connectivity index (χ1) is 15.8. The van der Waals surface area contributed by atoms with Crippen molar-refractivity contribution in [2.45, 2.75) is 0 Å². The van der Waals surface area contributed by atoms with Gasteiger partial charge in [-0.1, -0.05) is 82.4 Å². The third kappa shape index (κ3) is 5.80. The summed E-state index contributed by atoms with van der Waals surface area (Å²) in [4.78, 5) is 6.10. The molecule has 0 fully saturated rings. The monoisotopic (exact) mass is 621 g/mol. The van der Waals surface area contributed by atoms with E-state index in [2.05, 4.69) is 4.52 Å². The van der Waals surface area contributed by atoms with Crippen molar-refractivity contribution < 1.29 is 13.9 Å². The third-order valence-corrected chi connectivity index (χ3v) is 15.1. The van der Waals surface area contributed by atoms with Crippen molar-refractivity contribution in [1.82, 2.24) is 8.56 Å². The maximum atomic E-state index is 6.72. The van der Waals surface area contributed by atoms with E-state index in [9.17, 15) is 0 Å². The number of hydrogen-bond acceptors (Lipinski definition) is 6. The van der Waals surface area contributed by atoms with Crippen molar-refractivity contribution in [3.63, 3.8) is 0 Å². The second kappa shape index (κ2) is 11.2. The van der Waals surface area contributed by atoms with E-state index in [4.69, 9.17) is 82.9 Å². The van der Waals surface area contributed by atoms with Crippen LogP contribution in [-0.2, 0) is 0 Å². The molecule has 0 saturated heterocycles. The molecule has 3 aromatic carbocycles. The van der Waals surface area contributed by atoms with Gasteiger partial charge in [-0.3, -0.25) is 0 Å². The highest BCUT2D eigenvalue weighted by Crippen LogP contribution is 2.81. The normalized spacial score (nSPS) is 20.7. The summed E-state index contributed by atoms with van der Waals surface area (Å²) in [6.07, 6.45) is 0. The number of halogens is 6. The van der Waals surface area contributed by atoms with Crippen LogP contribution in [0.3, 0.4) is 0 Å². The Balaban J connectivity index is 1.89. The van der Waals surface area contributed by atoms with E-state index in [1.807, 2.05) is 0 Å². The molecule has 2 atom stereocenters. The van der Waals surface area contributed by atoms with E-state index in [1.165, 1.54) is 4.60 Å². The molecular weight excluding hydrogens is 612 g/mol. The van der Waals surface area contributed by atoms with Crippen LogP contribution in [0.2, 0.25) is 15.1 Å². The summed E-state index contributed by atoms with van der Waals surface area (Å²) in [7, 11) is -7.46. The van der Waals surface area contributed by atoms with Crippen LogP contribution >= 0.6 is 91.9 Å². The van der Waals surface area contributed by atoms with Gasteiger partial charge in [0.25, 0.3) is 0 Å². The minimum absolute atomic E-state index is 0.277. The first-order valence-electron chi connectivity index (χ1n) is 8.92. The fourth-order valence-electron chi connectivity index (χ4n) is 2.49. The van der Waals surface area contributed by atoms with Crippen LogP contribution in [0.15, 0.2) is 77.3 Å². The summed E-state index contributed by atoms with van der Waals surface area (Å²) in [5.41, 5.74) is 0. The molecule has 0 radical (unpaired) electrons. The number of benzene rings is 3. The SMILES string of the molecule is Clc1ccccc1ON1P(Cl)N(Cl)P(Cl)N=P1(Oc1ccccc1Cl)Oc1ccccc1Cl. The van der Waals surface area contributed by atoms with Crippen molar-refractivity contribution in [2.75, 3.05) is 0 Å². The molecule has 0 amide bonds. The molecule has 1 aliphatic heterocycles. The Morgan fingerprint density at radius 2 is 1.12 bits per heavy atom. The highest BCUT2D eigenvalue weighted by Gasteiger charge is 2.52. The Kier molecular flexibility index (Phi) is 8.83. The average Bonchev–Trinajstić information content (AvgIpc) is 2.79. The van der Waals surface area contributed by atoms with Crippen LogP contribution in [0.5, 0.6) is 17.2 Å². The summed E-state index contributed by atoms with van der Waals surface area (Å²) >= 11 is 38.6. The Hall–Kier alpha value is -0.190. The lowest BCUT2D eigenvalue weighted by molar-refractivity contribution is 0.112. The molecule has 15 heteroatoms. The predicted molar refractivity (Wildman–Crippen MR) is 141 cm³/mol. The van der Waals surface area contributed by atoms with E-state index in [1.54, 1.807) is 72.8 Å². The Labute approximate surface area is 222 Å². The van der Waals surface area contributed by atoms with Crippen molar-refractivity contribution in [3.05, 3.63) is 87.9 Å². The van der Waals surface area contributed by atoms with E-state index < -0.39 is 22.8 Å². The summed E-state index contributed by atoms with van der Waals surface area (Å²) in [5, 5.41) is 0.961. The zero-order valence-corrected chi connectivity index (χ0v) is 23.3. The highest BCUT2D eigenvalue weighted by atomic mass is 35.7. The molecule has 33 heavy (non-hydrogen) atoms. The van der Waals surface area contributed by atoms with Crippen LogP contribution < -0.4 is 13.9 Å². The zero-order valence-electron chi connectivity index (χ0n) is 16.1. The first-order valence-corrected chi connectivity index (χ1v) is 16.2. The largest absolute Gasteiger partial charge is 0.443 e. The molecular formula is C18H12Cl6N3O3P3. The second-order valence-corrected chi connectivity index (χ2v) is 15.1. The quantitative estimate of drug-likeness (QED) is 0.202. The molecule has 0 saturated carbocycles. The number of para-hydroxylation sites is 3. The molecule has 0 aliphatic carbocycles. The van der Waals surface area contributed by atoms with Gasteiger partial charge >= 0.3 is 7.66 Å². The van der Waals surface area contributed by atoms with Gasteiger partial charge in [0.1, 0.15) is 11.5 Å². The molecule has 0 aromatic heterocycles. The number of nitrogens with zero attached hydrogens (tertiary/aromatic N) is 3. The van der Waals surface area contributed by atoms with Gasteiger partial charge in [0.05, 0.1) is 15.1 Å². The van der Waals surface area contributed by atoms with E-state index in [0.29, 0.717) is 15.1 Å². The summed E-state index contributed by atoms with van der Waals surface area (Å²) in [5.74, 6) is 0.835. The Morgan fingerprint density at radius 1 is 0.697 bits per heavy atom. The number of hydrogen-bond donors (Lipinski definition) is 0. The van der Waals surface area contributed by atoms with Gasteiger partial charge in [0.15, 0.2) is 5.75 Å². The minimum atomic E-state index is -3.66. The maximum Gasteiger partial charge on any atom is 0.443 e. The van der Waals surface area contributed by atoms with E-state index in [0.717, 1.165) is 3.96 Å². The van der Waals surface area contributed by atoms with Crippen LogP contribution in [0.4, 0.5) is 0 Å². The van der Waals surface area contributed by atoms with Gasteiger partial charge in [0, 0.05) is 4.60 Å². The van der Waals surface area contributed by atoms with Crippen molar-refractivity contribution in [2.24, 2.45) is 4.52 Å². The highest BCUT2D eigenvalue weighted by molar-refractivity contribution is 8.00. The lowest BCUT2D eigenvalue weighted by Gasteiger charge is -2.40. The predicted octanol–water partition coefficient (Wildman–Crippen LogP) is 10.7. The standard InChI is InChI=1S/C18H12Cl6N3O3P3/c19-13-7-1-4-10-16(13)28-27-32(24)26(22)31(23)25-33(27,29-17-11-5-2-8-14(17)20)30-18-12-6-3-9-15(18)21/h1-12H. The molecule has 0 spiro atoms.